The Labute approximate surface area is 164 Å². The van der Waals surface area contributed by atoms with E-state index >= 15 is 0 Å². The van der Waals surface area contributed by atoms with Crippen molar-refractivity contribution in [1.82, 2.24) is 5.32 Å². The molecule has 0 aliphatic rings. The van der Waals surface area contributed by atoms with Crippen LogP contribution in [-0.4, -0.2) is 31.8 Å². The molecule has 0 heterocycles. The number of hydrogen-bond acceptors (Lipinski definition) is 4. The van der Waals surface area contributed by atoms with Crippen molar-refractivity contribution in [2.75, 3.05) is 20.8 Å². The van der Waals surface area contributed by atoms with Crippen LogP contribution in [0.3, 0.4) is 0 Å². The smallest absolute Gasteiger partial charge is 0.251 e. The Morgan fingerprint density at radius 2 is 1.54 bits per heavy atom. The van der Waals surface area contributed by atoms with Crippen LogP contribution < -0.4 is 14.8 Å². The zero-order chi connectivity index (χ0) is 19.9. The lowest BCUT2D eigenvalue weighted by Crippen LogP contribution is -2.28. The lowest BCUT2D eigenvalue weighted by atomic mass is 10.0. The molecule has 0 bridgehead atoms. The van der Waals surface area contributed by atoms with Gasteiger partial charge >= 0.3 is 0 Å². The summed E-state index contributed by atoms with van der Waals surface area (Å²) in [6.45, 7) is 0.0920. The normalized spacial score (nSPS) is 11.5. The average molecular weight is 377 g/mol. The van der Waals surface area contributed by atoms with Gasteiger partial charge in [-0.15, -0.1) is 0 Å². The van der Waals surface area contributed by atoms with Gasteiger partial charge in [0.15, 0.2) is 11.5 Å². The minimum atomic E-state index is -0.854. The molecule has 28 heavy (non-hydrogen) atoms. The highest BCUT2D eigenvalue weighted by Gasteiger charge is 2.14. The van der Waals surface area contributed by atoms with Crippen LogP contribution in [0.5, 0.6) is 11.5 Å². The second-order valence-corrected chi connectivity index (χ2v) is 6.28. The van der Waals surface area contributed by atoms with E-state index in [0.29, 0.717) is 22.6 Å². The highest BCUT2D eigenvalue weighted by atomic mass is 16.5. The molecule has 0 radical (unpaired) electrons. The van der Waals surface area contributed by atoms with Crippen molar-refractivity contribution in [2.24, 2.45) is 0 Å². The fourth-order valence-corrected chi connectivity index (χ4v) is 2.91. The topological polar surface area (TPSA) is 67.8 Å². The number of nitrogens with one attached hydrogen (secondary N) is 1. The summed E-state index contributed by atoms with van der Waals surface area (Å²) in [6, 6.07) is 22.5. The number of hydrogen-bond donors (Lipinski definition) is 2. The predicted octanol–water partition coefficient (Wildman–Crippen LogP) is 3.83. The fourth-order valence-electron chi connectivity index (χ4n) is 2.91. The van der Waals surface area contributed by atoms with Crippen LogP contribution in [0.4, 0.5) is 0 Å². The van der Waals surface area contributed by atoms with Gasteiger partial charge in [-0.2, -0.15) is 0 Å². The Bertz CT molecular complexity index is 923. The van der Waals surface area contributed by atoms with Crippen LogP contribution in [0, 0.1) is 0 Å². The average Bonchev–Trinajstić information content (AvgIpc) is 2.77. The molecule has 0 saturated heterocycles. The number of aliphatic hydroxyl groups excluding tert-OH is 1. The van der Waals surface area contributed by atoms with E-state index in [2.05, 4.69) is 5.32 Å². The Morgan fingerprint density at radius 3 is 2.18 bits per heavy atom. The summed E-state index contributed by atoms with van der Waals surface area (Å²) in [5.41, 5.74) is 3.32. The number of methoxy groups -OCH3 is 2. The Hall–Kier alpha value is -3.31. The summed E-state index contributed by atoms with van der Waals surface area (Å²) in [4.78, 5) is 12.4. The third-order valence-electron chi connectivity index (χ3n) is 4.50. The second-order valence-electron chi connectivity index (χ2n) is 6.28. The maximum atomic E-state index is 12.4. The van der Waals surface area contributed by atoms with Gasteiger partial charge in [0.05, 0.1) is 20.3 Å². The zero-order valence-corrected chi connectivity index (χ0v) is 15.9. The lowest BCUT2D eigenvalue weighted by Gasteiger charge is -2.15. The van der Waals surface area contributed by atoms with Gasteiger partial charge in [-0.3, -0.25) is 4.79 Å². The number of carbonyl (C=O) groups excluding carboxylic acids is 1. The summed E-state index contributed by atoms with van der Waals surface area (Å²) in [5.74, 6) is 0.877. The number of carbonyl (C=O) groups is 1. The molecule has 0 fully saturated rings. The molecular formula is C23H23NO4. The highest BCUT2D eigenvalue weighted by Crippen LogP contribution is 2.29. The molecule has 144 valence electrons. The first kappa shape index (κ1) is 19.5. The fraction of sp³-hybridized carbons (Fsp3) is 0.174. The molecule has 1 atom stereocenters. The van der Waals surface area contributed by atoms with Crippen LogP contribution in [0.25, 0.3) is 11.1 Å². The van der Waals surface area contributed by atoms with Crippen molar-refractivity contribution in [2.45, 2.75) is 6.10 Å². The molecule has 0 aliphatic heterocycles. The molecule has 0 aliphatic carbocycles. The summed E-state index contributed by atoms with van der Waals surface area (Å²) < 4.78 is 10.4. The first-order chi connectivity index (χ1) is 13.6. The van der Waals surface area contributed by atoms with Gasteiger partial charge < -0.3 is 19.9 Å². The van der Waals surface area contributed by atoms with E-state index in [9.17, 15) is 9.90 Å². The SMILES string of the molecule is COc1ccc([C@H](O)CNC(=O)c2ccc(-c3ccccc3)cc2)cc1OC. The van der Waals surface area contributed by atoms with Crippen LogP contribution >= 0.6 is 0 Å². The molecule has 5 heteroatoms. The van der Waals surface area contributed by atoms with Gasteiger partial charge in [-0.05, 0) is 41.0 Å². The molecule has 0 spiro atoms. The van der Waals surface area contributed by atoms with E-state index in [4.69, 9.17) is 9.47 Å². The third-order valence-corrected chi connectivity index (χ3v) is 4.50. The van der Waals surface area contributed by atoms with E-state index in [1.165, 1.54) is 7.11 Å². The lowest BCUT2D eigenvalue weighted by molar-refractivity contribution is 0.0916. The van der Waals surface area contributed by atoms with E-state index < -0.39 is 6.10 Å². The second kappa shape index (κ2) is 9.06. The Kier molecular flexibility index (Phi) is 6.29. The predicted molar refractivity (Wildman–Crippen MR) is 109 cm³/mol. The molecule has 2 N–H and O–H groups in total. The highest BCUT2D eigenvalue weighted by molar-refractivity contribution is 5.94. The van der Waals surface area contributed by atoms with Crippen LogP contribution in [0.15, 0.2) is 72.8 Å². The molecule has 5 nitrogen and oxygen atoms in total. The summed E-state index contributed by atoms with van der Waals surface area (Å²) in [6.07, 6.45) is -0.854. The number of ether oxygens (including phenoxy) is 2. The largest absolute Gasteiger partial charge is 0.493 e. The van der Waals surface area contributed by atoms with Gasteiger partial charge in [0.1, 0.15) is 0 Å². The van der Waals surface area contributed by atoms with Gasteiger partial charge in [-0.1, -0.05) is 48.5 Å². The number of aliphatic hydroxyl groups is 1. The maximum absolute atomic E-state index is 12.4. The zero-order valence-electron chi connectivity index (χ0n) is 15.9. The first-order valence-corrected chi connectivity index (χ1v) is 8.96. The van der Waals surface area contributed by atoms with Crippen molar-refractivity contribution in [3.05, 3.63) is 83.9 Å². The quantitative estimate of drug-likeness (QED) is 0.657. The van der Waals surface area contributed by atoms with E-state index in [-0.39, 0.29) is 12.5 Å². The van der Waals surface area contributed by atoms with Gasteiger partial charge in [0.2, 0.25) is 0 Å². The number of rotatable bonds is 7. The monoisotopic (exact) mass is 377 g/mol. The van der Waals surface area contributed by atoms with Gasteiger partial charge in [0.25, 0.3) is 5.91 Å². The summed E-state index contributed by atoms with van der Waals surface area (Å²) >= 11 is 0. The first-order valence-electron chi connectivity index (χ1n) is 8.96. The van der Waals surface area contributed by atoms with Crippen molar-refractivity contribution >= 4 is 5.91 Å². The molecule has 0 aromatic heterocycles. The Balaban J connectivity index is 1.62. The van der Waals surface area contributed by atoms with Gasteiger partial charge in [0, 0.05) is 12.1 Å². The molecule has 3 aromatic rings. The minimum Gasteiger partial charge on any atom is -0.493 e. The molecule has 1 amide bonds. The van der Waals surface area contributed by atoms with Crippen LogP contribution in [0.1, 0.15) is 22.0 Å². The van der Waals surface area contributed by atoms with Crippen molar-refractivity contribution in [3.63, 3.8) is 0 Å². The van der Waals surface area contributed by atoms with Gasteiger partial charge in [-0.25, -0.2) is 0 Å². The van der Waals surface area contributed by atoms with E-state index in [1.807, 2.05) is 42.5 Å². The van der Waals surface area contributed by atoms with Crippen LogP contribution in [0.2, 0.25) is 0 Å². The number of benzene rings is 3. The van der Waals surface area contributed by atoms with E-state index in [1.54, 1.807) is 37.4 Å². The Morgan fingerprint density at radius 1 is 0.893 bits per heavy atom. The molecule has 3 aromatic carbocycles. The van der Waals surface area contributed by atoms with Crippen molar-refractivity contribution < 1.29 is 19.4 Å². The number of amides is 1. The summed E-state index contributed by atoms with van der Waals surface area (Å²) in [5, 5.41) is 13.1. The van der Waals surface area contributed by atoms with Crippen molar-refractivity contribution in [3.8, 4) is 22.6 Å². The summed E-state index contributed by atoms with van der Waals surface area (Å²) in [7, 11) is 3.09. The van der Waals surface area contributed by atoms with Crippen LogP contribution in [-0.2, 0) is 0 Å². The third kappa shape index (κ3) is 4.50. The maximum Gasteiger partial charge on any atom is 0.251 e. The molecule has 0 unspecified atom stereocenters. The molecular weight excluding hydrogens is 354 g/mol. The van der Waals surface area contributed by atoms with Crippen molar-refractivity contribution in [1.29, 1.82) is 0 Å². The molecule has 0 saturated carbocycles. The van der Waals surface area contributed by atoms with E-state index in [0.717, 1.165) is 11.1 Å². The standard InChI is InChI=1S/C23H23NO4/c1-27-21-13-12-19(14-22(21)28-2)20(25)15-24-23(26)18-10-8-17(9-11-18)16-6-4-3-5-7-16/h3-14,20,25H,15H2,1-2H3,(H,24,26)/t20-/m1/s1. The molecule has 3 rings (SSSR count). The minimum absolute atomic E-state index is 0.0920.